The molecule has 1 aliphatic rings. The van der Waals surface area contributed by atoms with Crippen molar-refractivity contribution < 1.29 is 17.9 Å². The van der Waals surface area contributed by atoms with Crippen molar-refractivity contribution in [2.45, 2.75) is 24.9 Å². The number of nitrogens with one attached hydrogen (secondary N) is 2. The molecule has 0 saturated heterocycles. The van der Waals surface area contributed by atoms with Crippen molar-refractivity contribution in [1.29, 1.82) is 0 Å². The molecule has 158 valence electrons. The minimum absolute atomic E-state index is 0.000718. The smallest absolute Gasteiger partial charge is 0.388 e. The minimum atomic E-state index is -2.96. The third-order valence-corrected chi connectivity index (χ3v) is 5.14. The molecular formula is C19H13F3N6O3. The maximum Gasteiger partial charge on any atom is 0.388 e. The summed E-state index contributed by atoms with van der Waals surface area (Å²) in [7, 11) is 0. The van der Waals surface area contributed by atoms with Gasteiger partial charge in [0.25, 0.3) is 5.56 Å². The number of aromatic amines is 2. The molecule has 0 bridgehead atoms. The van der Waals surface area contributed by atoms with Gasteiger partial charge in [0.15, 0.2) is 5.65 Å². The van der Waals surface area contributed by atoms with Gasteiger partial charge in [0.2, 0.25) is 11.8 Å². The van der Waals surface area contributed by atoms with Crippen LogP contribution in [0.15, 0.2) is 46.4 Å². The van der Waals surface area contributed by atoms with Crippen molar-refractivity contribution in [2.24, 2.45) is 0 Å². The fraction of sp³-hybridized carbons (Fsp3) is 0.211. The van der Waals surface area contributed by atoms with E-state index in [1.165, 1.54) is 18.5 Å². The van der Waals surface area contributed by atoms with Crippen molar-refractivity contribution in [3.05, 3.63) is 74.7 Å². The van der Waals surface area contributed by atoms with E-state index in [4.69, 9.17) is 0 Å². The Balaban J connectivity index is 1.53. The molecule has 0 unspecified atom stereocenters. The molecule has 5 rings (SSSR count). The molecule has 4 heterocycles. The normalized spacial score (nSPS) is 17.9. The lowest BCUT2D eigenvalue weighted by molar-refractivity contribution is -0.0528. The highest BCUT2D eigenvalue weighted by atomic mass is 19.3. The van der Waals surface area contributed by atoms with Gasteiger partial charge in [-0.3, -0.25) is 9.78 Å². The monoisotopic (exact) mass is 430 g/mol. The SMILES string of the molecule is O=c1[nH]cc(-c2cc([C@H]3C[C@@H]3c3ccc(OC(F)F)nc3)c3ncc(F)n3n2)c(=O)[nH]1. The summed E-state index contributed by atoms with van der Waals surface area (Å²) in [4.78, 5) is 35.9. The van der Waals surface area contributed by atoms with Crippen LogP contribution < -0.4 is 16.0 Å². The van der Waals surface area contributed by atoms with E-state index in [2.05, 4.69) is 29.8 Å². The Labute approximate surface area is 170 Å². The molecule has 31 heavy (non-hydrogen) atoms. The van der Waals surface area contributed by atoms with Gasteiger partial charge in [0.1, 0.15) is 0 Å². The van der Waals surface area contributed by atoms with Crippen molar-refractivity contribution in [2.75, 3.05) is 0 Å². The average molecular weight is 430 g/mol. The highest BCUT2D eigenvalue weighted by Gasteiger charge is 2.42. The van der Waals surface area contributed by atoms with E-state index >= 15 is 0 Å². The fourth-order valence-electron chi connectivity index (χ4n) is 3.65. The van der Waals surface area contributed by atoms with E-state index in [-0.39, 0.29) is 29.0 Å². The van der Waals surface area contributed by atoms with Gasteiger partial charge in [-0.05, 0) is 29.9 Å². The number of ether oxygens (including phenoxy) is 1. The van der Waals surface area contributed by atoms with E-state index in [1.807, 2.05) is 0 Å². The topological polar surface area (TPSA) is 118 Å². The van der Waals surface area contributed by atoms with E-state index in [0.717, 1.165) is 16.3 Å². The molecule has 0 spiro atoms. The van der Waals surface area contributed by atoms with Crippen LogP contribution in [0.1, 0.15) is 29.4 Å². The second kappa shape index (κ2) is 7.07. The molecule has 1 aliphatic carbocycles. The summed E-state index contributed by atoms with van der Waals surface area (Å²) in [5, 5.41) is 4.14. The number of rotatable bonds is 5. The number of pyridine rings is 1. The van der Waals surface area contributed by atoms with Crippen LogP contribution in [-0.4, -0.2) is 36.2 Å². The van der Waals surface area contributed by atoms with Crippen LogP contribution in [-0.2, 0) is 0 Å². The zero-order valence-electron chi connectivity index (χ0n) is 15.6. The van der Waals surface area contributed by atoms with Crippen LogP contribution in [0.25, 0.3) is 16.9 Å². The summed E-state index contributed by atoms with van der Waals surface area (Å²) in [5.41, 5.74) is 0.686. The van der Waals surface area contributed by atoms with Crippen molar-refractivity contribution in [3.63, 3.8) is 0 Å². The first-order chi connectivity index (χ1) is 14.9. The second-order valence-electron chi connectivity index (χ2n) is 7.04. The van der Waals surface area contributed by atoms with E-state index in [0.29, 0.717) is 17.6 Å². The summed E-state index contributed by atoms with van der Waals surface area (Å²) in [6.45, 7) is -2.96. The Morgan fingerprint density at radius 3 is 2.71 bits per heavy atom. The van der Waals surface area contributed by atoms with Crippen LogP contribution in [0.5, 0.6) is 5.88 Å². The van der Waals surface area contributed by atoms with Crippen LogP contribution in [0.2, 0.25) is 0 Å². The van der Waals surface area contributed by atoms with Crippen LogP contribution in [0.4, 0.5) is 13.2 Å². The Morgan fingerprint density at radius 2 is 2.00 bits per heavy atom. The zero-order chi connectivity index (χ0) is 21.7. The number of imidazole rings is 1. The van der Waals surface area contributed by atoms with Crippen LogP contribution >= 0.6 is 0 Å². The molecule has 9 nitrogen and oxygen atoms in total. The summed E-state index contributed by atoms with van der Waals surface area (Å²) < 4.78 is 44.1. The number of hydrogen-bond acceptors (Lipinski definition) is 6. The molecule has 4 aromatic rings. The van der Waals surface area contributed by atoms with Gasteiger partial charge in [0.05, 0.1) is 17.5 Å². The molecular weight excluding hydrogens is 417 g/mol. The molecule has 2 atom stereocenters. The lowest BCUT2D eigenvalue weighted by Gasteiger charge is -2.08. The van der Waals surface area contributed by atoms with Gasteiger partial charge in [-0.15, -0.1) is 0 Å². The summed E-state index contributed by atoms with van der Waals surface area (Å²) in [6, 6.07) is 4.64. The number of fused-ring (bicyclic) bond motifs is 1. The van der Waals surface area contributed by atoms with E-state index in [9.17, 15) is 22.8 Å². The number of hydrogen-bond donors (Lipinski definition) is 2. The van der Waals surface area contributed by atoms with Crippen molar-refractivity contribution in [1.82, 2.24) is 29.5 Å². The Morgan fingerprint density at radius 1 is 1.16 bits per heavy atom. The summed E-state index contributed by atoms with van der Waals surface area (Å²) in [5.74, 6) is -0.958. The molecule has 0 aromatic carbocycles. The third-order valence-electron chi connectivity index (χ3n) is 5.14. The van der Waals surface area contributed by atoms with Crippen LogP contribution in [0, 0.1) is 5.95 Å². The van der Waals surface area contributed by atoms with Crippen molar-refractivity contribution >= 4 is 5.65 Å². The number of H-pyrrole nitrogens is 2. The van der Waals surface area contributed by atoms with Crippen LogP contribution in [0.3, 0.4) is 0 Å². The van der Waals surface area contributed by atoms with Gasteiger partial charge in [0, 0.05) is 24.0 Å². The fourth-order valence-corrected chi connectivity index (χ4v) is 3.65. The lowest BCUT2D eigenvalue weighted by atomic mass is 10.1. The average Bonchev–Trinajstić information content (AvgIpc) is 3.44. The summed E-state index contributed by atoms with van der Waals surface area (Å²) >= 11 is 0. The molecule has 0 amide bonds. The number of nitrogens with zero attached hydrogens (tertiary/aromatic N) is 4. The van der Waals surface area contributed by atoms with Gasteiger partial charge < -0.3 is 9.72 Å². The maximum absolute atomic E-state index is 14.2. The number of aromatic nitrogens is 6. The first kappa shape index (κ1) is 19.0. The molecule has 1 saturated carbocycles. The van der Waals surface area contributed by atoms with Crippen molar-refractivity contribution in [3.8, 4) is 17.1 Å². The minimum Gasteiger partial charge on any atom is -0.417 e. The lowest BCUT2D eigenvalue weighted by Crippen LogP contribution is -2.23. The first-order valence-electron chi connectivity index (χ1n) is 9.18. The second-order valence-corrected chi connectivity index (χ2v) is 7.04. The third kappa shape index (κ3) is 3.45. The first-order valence-corrected chi connectivity index (χ1v) is 9.18. The Bertz CT molecular complexity index is 1400. The number of alkyl halides is 2. The van der Waals surface area contributed by atoms with Gasteiger partial charge >= 0.3 is 12.3 Å². The highest BCUT2D eigenvalue weighted by molar-refractivity contribution is 5.63. The Kier molecular flexibility index (Phi) is 4.34. The van der Waals surface area contributed by atoms with Gasteiger partial charge in [-0.25, -0.2) is 14.8 Å². The quantitative estimate of drug-likeness (QED) is 0.501. The number of halogens is 3. The van der Waals surface area contributed by atoms with Gasteiger partial charge in [-0.2, -0.15) is 22.8 Å². The molecule has 0 aliphatic heterocycles. The van der Waals surface area contributed by atoms with E-state index < -0.39 is 23.8 Å². The predicted molar refractivity (Wildman–Crippen MR) is 101 cm³/mol. The Hall–Kier alpha value is -3.96. The molecule has 1 fully saturated rings. The van der Waals surface area contributed by atoms with E-state index in [1.54, 1.807) is 12.1 Å². The standard InChI is InChI=1S/C19H13F3N6O3/c20-14-7-24-16-11(4-13(27-28(14)16)12-6-25-19(30)26-17(12)29)10-3-9(10)8-1-2-15(23-5-8)31-18(21)22/h1-2,4-7,9-10,18H,3H2,(H2,25,26,29,30)/t9-,10+/m1/s1. The largest absolute Gasteiger partial charge is 0.417 e. The summed E-state index contributed by atoms with van der Waals surface area (Å²) in [6.07, 6.45) is 4.39. The molecule has 4 aromatic heterocycles. The molecule has 2 N–H and O–H groups in total. The predicted octanol–water partition coefficient (Wildman–Crippen LogP) is 2.18. The molecule has 0 radical (unpaired) electrons. The van der Waals surface area contributed by atoms with Gasteiger partial charge in [-0.1, -0.05) is 6.07 Å². The molecule has 12 heteroatoms. The highest BCUT2D eigenvalue weighted by Crippen LogP contribution is 2.55. The zero-order valence-corrected chi connectivity index (χ0v) is 15.6. The maximum atomic E-state index is 14.2.